The van der Waals surface area contributed by atoms with Gasteiger partial charge in [0.25, 0.3) is 0 Å². The topological polar surface area (TPSA) is 45.7 Å². The summed E-state index contributed by atoms with van der Waals surface area (Å²) in [4.78, 5) is 21.8. The summed E-state index contributed by atoms with van der Waals surface area (Å²) >= 11 is 1.69. The third-order valence-electron chi connectivity index (χ3n) is 4.75. The molecule has 2 aromatic rings. The van der Waals surface area contributed by atoms with Crippen molar-refractivity contribution in [2.45, 2.75) is 49.6 Å². The molecule has 1 amide bonds. The number of hydrogen-bond donors (Lipinski definition) is 0. The highest BCUT2D eigenvalue weighted by molar-refractivity contribution is 7.98. The first-order chi connectivity index (χ1) is 12.9. The number of aromatic nitrogens is 1. The Hall–Kier alpha value is -2.21. The van der Waals surface area contributed by atoms with Gasteiger partial charge in [0, 0.05) is 18.8 Å². The van der Waals surface area contributed by atoms with Crippen molar-refractivity contribution in [3.05, 3.63) is 48.0 Å². The van der Waals surface area contributed by atoms with Gasteiger partial charge in [-0.2, -0.15) is 0 Å². The molecule has 0 spiro atoms. The molecule has 5 nitrogen and oxygen atoms in total. The molecule has 6 heteroatoms. The summed E-state index contributed by atoms with van der Waals surface area (Å²) in [6.45, 7) is 7.50. The summed E-state index contributed by atoms with van der Waals surface area (Å²) in [5.74, 6) is 1.59. The number of amides is 1. The number of nitrogens with zero attached hydrogens (tertiary/aromatic N) is 3. The summed E-state index contributed by atoms with van der Waals surface area (Å²) < 4.78 is 5.68. The number of carbonyl (C=O) groups excluding carboxylic acids is 1. The predicted octanol–water partition coefficient (Wildman–Crippen LogP) is 4.71. The van der Waals surface area contributed by atoms with Crippen molar-refractivity contribution in [2.24, 2.45) is 0 Å². The molecule has 0 aliphatic carbocycles. The first kappa shape index (κ1) is 18.2. The van der Waals surface area contributed by atoms with Crippen LogP contribution >= 0.6 is 11.8 Å². The number of ether oxygens (including phenoxy) is 1. The number of fused-ring (bicyclic) bond motifs is 4. The summed E-state index contributed by atoms with van der Waals surface area (Å²) in [7, 11) is 0. The average molecular weight is 384 g/mol. The van der Waals surface area contributed by atoms with Crippen LogP contribution < -0.4 is 9.80 Å². The van der Waals surface area contributed by atoms with Gasteiger partial charge in [-0.25, -0.2) is 9.78 Å². The van der Waals surface area contributed by atoms with Crippen LogP contribution in [0.2, 0.25) is 0 Å². The molecule has 142 valence electrons. The Morgan fingerprint density at radius 2 is 2.00 bits per heavy atom. The normalized spacial score (nSPS) is 18.4. The summed E-state index contributed by atoms with van der Waals surface area (Å²) in [6, 6.07) is 14.6. The van der Waals surface area contributed by atoms with E-state index >= 15 is 0 Å². The maximum Gasteiger partial charge on any atom is 0.416 e. The first-order valence-electron chi connectivity index (χ1n) is 9.36. The van der Waals surface area contributed by atoms with Gasteiger partial charge in [-0.15, -0.1) is 11.8 Å². The van der Waals surface area contributed by atoms with Crippen molar-refractivity contribution < 1.29 is 9.53 Å². The van der Waals surface area contributed by atoms with E-state index in [1.54, 1.807) is 16.7 Å². The van der Waals surface area contributed by atoms with Crippen LogP contribution in [-0.4, -0.2) is 35.8 Å². The van der Waals surface area contributed by atoms with Gasteiger partial charge in [0.1, 0.15) is 5.60 Å². The molecule has 1 atom stereocenters. The lowest BCUT2D eigenvalue weighted by Gasteiger charge is -2.36. The molecule has 27 heavy (non-hydrogen) atoms. The predicted molar refractivity (Wildman–Crippen MR) is 110 cm³/mol. The lowest BCUT2D eigenvalue weighted by molar-refractivity contribution is 0.0565. The molecule has 0 radical (unpaired) electrons. The molecular weight excluding hydrogens is 358 g/mol. The van der Waals surface area contributed by atoms with E-state index in [-0.39, 0.29) is 12.1 Å². The Morgan fingerprint density at radius 1 is 1.22 bits per heavy atom. The van der Waals surface area contributed by atoms with Gasteiger partial charge in [0.2, 0.25) is 0 Å². The number of rotatable bonds is 3. The van der Waals surface area contributed by atoms with Crippen LogP contribution in [0, 0.1) is 0 Å². The first-order valence-corrected chi connectivity index (χ1v) is 10.3. The van der Waals surface area contributed by atoms with Crippen LogP contribution in [-0.2, 0) is 10.5 Å². The molecule has 0 N–H and O–H groups in total. The van der Waals surface area contributed by atoms with Crippen LogP contribution in [0.3, 0.4) is 0 Å². The molecule has 2 aliphatic rings. The van der Waals surface area contributed by atoms with Gasteiger partial charge < -0.3 is 9.64 Å². The van der Waals surface area contributed by atoms with Crippen molar-refractivity contribution in [1.82, 2.24) is 4.98 Å². The van der Waals surface area contributed by atoms with Crippen molar-refractivity contribution in [1.29, 1.82) is 0 Å². The van der Waals surface area contributed by atoms with Gasteiger partial charge in [-0.05, 0) is 44.9 Å². The third kappa shape index (κ3) is 3.90. The second kappa shape index (κ2) is 7.08. The number of carbonyl (C=O) groups is 1. The number of pyridine rings is 1. The molecule has 1 aromatic heterocycles. The maximum atomic E-state index is 12.9. The Balaban J connectivity index is 1.60. The minimum absolute atomic E-state index is 0.134. The van der Waals surface area contributed by atoms with Crippen molar-refractivity contribution in [3.8, 4) is 0 Å². The molecule has 2 bridgehead atoms. The van der Waals surface area contributed by atoms with E-state index in [4.69, 9.17) is 9.72 Å². The van der Waals surface area contributed by atoms with Gasteiger partial charge >= 0.3 is 6.09 Å². The summed E-state index contributed by atoms with van der Waals surface area (Å²) in [5.41, 5.74) is 1.76. The van der Waals surface area contributed by atoms with E-state index in [1.807, 2.05) is 39.0 Å². The third-order valence-corrected chi connectivity index (χ3v) is 5.75. The minimum Gasteiger partial charge on any atom is -0.443 e. The molecule has 1 aromatic carbocycles. The number of anilines is 2. The van der Waals surface area contributed by atoms with Gasteiger partial charge in [0.15, 0.2) is 5.82 Å². The Labute approximate surface area is 164 Å². The fraction of sp³-hybridized carbons (Fsp3) is 0.429. The highest BCUT2D eigenvalue weighted by atomic mass is 32.2. The van der Waals surface area contributed by atoms with E-state index in [1.165, 1.54) is 5.56 Å². The Bertz CT molecular complexity index is 835. The Morgan fingerprint density at radius 3 is 2.74 bits per heavy atom. The average Bonchev–Trinajstić information content (AvgIpc) is 3.03. The highest BCUT2D eigenvalue weighted by Crippen LogP contribution is 2.40. The molecule has 3 heterocycles. The zero-order valence-electron chi connectivity index (χ0n) is 16.0. The van der Waals surface area contributed by atoms with Crippen molar-refractivity contribution >= 4 is 29.4 Å². The smallest absolute Gasteiger partial charge is 0.416 e. The fourth-order valence-corrected chi connectivity index (χ4v) is 4.37. The zero-order valence-corrected chi connectivity index (χ0v) is 16.8. The largest absolute Gasteiger partial charge is 0.443 e. The van der Waals surface area contributed by atoms with Crippen LogP contribution in [0.1, 0.15) is 32.8 Å². The number of thioether (sulfide) groups is 1. The lowest BCUT2D eigenvalue weighted by atomic mass is 10.2. The zero-order chi connectivity index (χ0) is 19.0. The SMILES string of the molecule is CC(C)(C)OC(=O)N1c2nc(SCc3ccccc3)ccc2N2CC[C@H]1C2. The molecule has 0 unspecified atom stereocenters. The van der Waals surface area contributed by atoms with Crippen molar-refractivity contribution in [2.75, 3.05) is 22.9 Å². The summed E-state index contributed by atoms with van der Waals surface area (Å²) in [5, 5.41) is 0.925. The second-order valence-electron chi connectivity index (χ2n) is 8.01. The van der Waals surface area contributed by atoms with E-state index < -0.39 is 5.60 Å². The lowest BCUT2D eigenvalue weighted by Crippen LogP contribution is -2.48. The monoisotopic (exact) mass is 383 g/mol. The van der Waals surface area contributed by atoms with E-state index in [9.17, 15) is 4.79 Å². The van der Waals surface area contributed by atoms with E-state index in [0.29, 0.717) is 0 Å². The fourth-order valence-electron chi connectivity index (χ4n) is 3.55. The van der Waals surface area contributed by atoms with Gasteiger partial charge in [-0.3, -0.25) is 4.90 Å². The van der Waals surface area contributed by atoms with Crippen LogP contribution in [0.25, 0.3) is 0 Å². The van der Waals surface area contributed by atoms with Gasteiger partial charge in [-0.1, -0.05) is 30.3 Å². The quantitative estimate of drug-likeness (QED) is 0.719. The molecule has 1 saturated heterocycles. The van der Waals surface area contributed by atoms with E-state index in [0.717, 1.165) is 41.8 Å². The molecule has 2 aliphatic heterocycles. The standard InChI is InChI=1S/C21H25N3O2S/c1-21(2,3)26-20(25)24-16-11-12-23(13-16)17-9-10-18(22-19(17)24)27-14-15-7-5-4-6-8-15/h4-10,16H,11-14H2,1-3H3/t16-/m0/s1. The van der Waals surface area contributed by atoms with Crippen LogP contribution in [0.5, 0.6) is 0 Å². The molecular formula is C21H25N3O2S. The summed E-state index contributed by atoms with van der Waals surface area (Å²) in [6.07, 6.45) is 0.648. The molecule has 0 saturated carbocycles. The molecule has 1 fully saturated rings. The second-order valence-corrected chi connectivity index (χ2v) is 9.00. The van der Waals surface area contributed by atoms with E-state index in [2.05, 4.69) is 29.2 Å². The number of benzene rings is 1. The maximum absolute atomic E-state index is 12.9. The highest BCUT2D eigenvalue weighted by Gasteiger charge is 2.41. The number of hydrogen-bond acceptors (Lipinski definition) is 5. The molecule has 4 rings (SSSR count). The van der Waals surface area contributed by atoms with Crippen LogP contribution in [0.4, 0.5) is 16.3 Å². The Kier molecular flexibility index (Phi) is 4.76. The van der Waals surface area contributed by atoms with Gasteiger partial charge in [0.05, 0.1) is 16.8 Å². The minimum atomic E-state index is -0.521. The van der Waals surface area contributed by atoms with Crippen LogP contribution in [0.15, 0.2) is 47.5 Å². The van der Waals surface area contributed by atoms with Crippen molar-refractivity contribution in [3.63, 3.8) is 0 Å².